The molecule has 1 aliphatic rings. The topological polar surface area (TPSA) is 62.2 Å². The molecule has 1 saturated carbocycles. The summed E-state index contributed by atoms with van der Waals surface area (Å²) in [6.45, 7) is 8.25. The van der Waals surface area contributed by atoms with E-state index in [0.29, 0.717) is 29.3 Å². The van der Waals surface area contributed by atoms with Crippen molar-refractivity contribution in [2.24, 2.45) is 11.8 Å². The smallest absolute Gasteiger partial charge is 0.339 e. The second-order valence-corrected chi connectivity index (χ2v) is 6.37. The lowest BCUT2D eigenvalue weighted by atomic mass is 9.80. The number of nitrogens with one attached hydrogen (secondary N) is 1. The van der Waals surface area contributed by atoms with E-state index in [1.165, 1.54) is 6.42 Å². The number of nitrogens with zero attached hydrogens (tertiary/aromatic N) is 1. The Morgan fingerprint density at radius 3 is 2.40 bits per heavy atom. The summed E-state index contributed by atoms with van der Waals surface area (Å²) in [5.41, 5.74) is 1.93. The first kappa shape index (κ1) is 14.8. The maximum absolute atomic E-state index is 11.4. The van der Waals surface area contributed by atoms with Crippen LogP contribution in [0.15, 0.2) is 6.07 Å². The first-order chi connectivity index (χ1) is 9.36. The van der Waals surface area contributed by atoms with Crippen LogP contribution in [0.1, 0.15) is 54.7 Å². The van der Waals surface area contributed by atoms with E-state index in [4.69, 9.17) is 0 Å². The van der Waals surface area contributed by atoms with E-state index in [9.17, 15) is 9.90 Å². The summed E-state index contributed by atoms with van der Waals surface area (Å²) < 4.78 is 0. The third-order valence-electron chi connectivity index (χ3n) is 4.08. The van der Waals surface area contributed by atoms with Crippen molar-refractivity contribution in [3.05, 3.63) is 22.9 Å². The summed E-state index contributed by atoms with van der Waals surface area (Å²) >= 11 is 0. The van der Waals surface area contributed by atoms with E-state index >= 15 is 0 Å². The van der Waals surface area contributed by atoms with Crippen LogP contribution in [0.5, 0.6) is 0 Å². The second kappa shape index (κ2) is 5.81. The van der Waals surface area contributed by atoms with E-state index in [-0.39, 0.29) is 0 Å². The summed E-state index contributed by atoms with van der Waals surface area (Å²) in [7, 11) is 0. The van der Waals surface area contributed by atoms with Crippen LogP contribution in [-0.2, 0) is 0 Å². The predicted molar refractivity (Wildman–Crippen MR) is 80.3 cm³/mol. The SMILES string of the molecule is Cc1cc(C)c(C(=O)O)c(NC2CC(C)CC(C)C2)n1. The fraction of sp³-hybridized carbons (Fsp3) is 0.625. The third-order valence-corrected chi connectivity index (χ3v) is 4.08. The summed E-state index contributed by atoms with van der Waals surface area (Å²) in [5.74, 6) is 0.974. The maximum atomic E-state index is 11.4. The number of aromatic nitrogens is 1. The Morgan fingerprint density at radius 1 is 1.25 bits per heavy atom. The van der Waals surface area contributed by atoms with Gasteiger partial charge in [0.1, 0.15) is 11.4 Å². The van der Waals surface area contributed by atoms with Crippen molar-refractivity contribution >= 4 is 11.8 Å². The third kappa shape index (κ3) is 3.30. The highest BCUT2D eigenvalue weighted by molar-refractivity contribution is 5.94. The fourth-order valence-corrected chi connectivity index (χ4v) is 3.47. The van der Waals surface area contributed by atoms with Crippen LogP contribution in [0.3, 0.4) is 0 Å². The summed E-state index contributed by atoms with van der Waals surface area (Å²) in [5, 5.41) is 12.8. The number of hydrogen-bond donors (Lipinski definition) is 2. The minimum atomic E-state index is -0.908. The Kier molecular flexibility index (Phi) is 4.31. The molecule has 0 aromatic carbocycles. The maximum Gasteiger partial charge on any atom is 0.339 e. The largest absolute Gasteiger partial charge is 0.478 e. The van der Waals surface area contributed by atoms with Crippen molar-refractivity contribution < 1.29 is 9.90 Å². The normalized spacial score (nSPS) is 26.3. The van der Waals surface area contributed by atoms with Crippen molar-refractivity contribution in [1.82, 2.24) is 4.98 Å². The highest BCUT2D eigenvalue weighted by atomic mass is 16.4. The standard InChI is InChI=1S/C16H24N2O2/c1-9-5-10(2)7-13(6-9)18-15-14(16(19)20)11(3)8-12(4)17-15/h8-10,13H,5-7H2,1-4H3,(H,17,18)(H,19,20). The van der Waals surface area contributed by atoms with Gasteiger partial charge in [-0.2, -0.15) is 0 Å². The number of anilines is 1. The molecule has 0 radical (unpaired) electrons. The Bertz CT molecular complexity index is 503. The highest BCUT2D eigenvalue weighted by Gasteiger charge is 2.26. The average molecular weight is 276 g/mol. The number of pyridine rings is 1. The average Bonchev–Trinajstić information content (AvgIpc) is 2.25. The van der Waals surface area contributed by atoms with Gasteiger partial charge in [-0.3, -0.25) is 0 Å². The first-order valence-electron chi connectivity index (χ1n) is 7.35. The van der Waals surface area contributed by atoms with Crippen LogP contribution in [-0.4, -0.2) is 22.1 Å². The van der Waals surface area contributed by atoms with Crippen molar-refractivity contribution in [3.8, 4) is 0 Å². The Labute approximate surface area is 120 Å². The van der Waals surface area contributed by atoms with Crippen molar-refractivity contribution in [2.45, 2.75) is 53.0 Å². The van der Waals surface area contributed by atoms with E-state index in [2.05, 4.69) is 24.1 Å². The van der Waals surface area contributed by atoms with Gasteiger partial charge in [-0.15, -0.1) is 0 Å². The van der Waals surface area contributed by atoms with Crippen molar-refractivity contribution in [1.29, 1.82) is 0 Å². The molecule has 1 aliphatic carbocycles. The van der Waals surface area contributed by atoms with Gasteiger partial charge in [-0.1, -0.05) is 13.8 Å². The molecule has 0 bridgehead atoms. The molecule has 1 fully saturated rings. The van der Waals surface area contributed by atoms with E-state index in [1.807, 2.05) is 19.9 Å². The number of carbonyl (C=O) groups is 1. The van der Waals surface area contributed by atoms with Gasteiger partial charge in [0.2, 0.25) is 0 Å². The Hall–Kier alpha value is -1.58. The van der Waals surface area contributed by atoms with Crippen LogP contribution < -0.4 is 5.32 Å². The molecular formula is C16H24N2O2. The molecule has 0 amide bonds. The summed E-state index contributed by atoms with van der Waals surface area (Å²) in [6.07, 6.45) is 3.42. The van der Waals surface area contributed by atoms with Crippen LogP contribution in [0.4, 0.5) is 5.82 Å². The second-order valence-electron chi connectivity index (χ2n) is 6.37. The molecule has 110 valence electrons. The lowest BCUT2D eigenvalue weighted by Crippen LogP contribution is -2.31. The van der Waals surface area contributed by atoms with Gasteiger partial charge in [0, 0.05) is 11.7 Å². The summed E-state index contributed by atoms with van der Waals surface area (Å²) in [6, 6.07) is 2.14. The number of aromatic carboxylic acids is 1. The van der Waals surface area contributed by atoms with E-state index < -0.39 is 5.97 Å². The number of aryl methyl sites for hydroxylation is 2. The zero-order valence-electron chi connectivity index (χ0n) is 12.7. The van der Waals surface area contributed by atoms with Crippen LogP contribution in [0.2, 0.25) is 0 Å². The van der Waals surface area contributed by atoms with Crippen LogP contribution in [0.25, 0.3) is 0 Å². The van der Waals surface area contributed by atoms with Crippen LogP contribution in [0, 0.1) is 25.7 Å². The zero-order chi connectivity index (χ0) is 14.9. The molecule has 20 heavy (non-hydrogen) atoms. The molecule has 1 aromatic rings. The summed E-state index contributed by atoms with van der Waals surface area (Å²) in [4.78, 5) is 15.9. The van der Waals surface area contributed by atoms with Crippen molar-refractivity contribution in [3.63, 3.8) is 0 Å². The first-order valence-corrected chi connectivity index (χ1v) is 7.35. The van der Waals surface area contributed by atoms with Gasteiger partial charge < -0.3 is 10.4 Å². The van der Waals surface area contributed by atoms with Gasteiger partial charge in [0.05, 0.1) is 0 Å². The van der Waals surface area contributed by atoms with Gasteiger partial charge in [0.25, 0.3) is 0 Å². The zero-order valence-corrected chi connectivity index (χ0v) is 12.7. The molecule has 0 spiro atoms. The quantitative estimate of drug-likeness (QED) is 0.885. The molecule has 0 saturated heterocycles. The molecule has 2 rings (SSSR count). The molecule has 2 N–H and O–H groups in total. The monoisotopic (exact) mass is 276 g/mol. The Morgan fingerprint density at radius 2 is 1.85 bits per heavy atom. The van der Waals surface area contributed by atoms with Gasteiger partial charge in [-0.05, 0) is 56.6 Å². The molecule has 1 aromatic heterocycles. The van der Waals surface area contributed by atoms with Gasteiger partial charge >= 0.3 is 5.97 Å². The molecule has 0 aliphatic heterocycles. The lowest BCUT2D eigenvalue weighted by Gasteiger charge is -2.32. The predicted octanol–water partition coefficient (Wildman–Crippen LogP) is 3.63. The van der Waals surface area contributed by atoms with Crippen LogP contribution >= 0.6 is 0 Å². The van der Waals surface area contributed by atoms with Gasteiger partial charge in [-0.25, -0.2) is 9.78 Å². The molecule has 2 unspecified atom stereocenters. The number of carboxylic acid groups (broad SMARTS) is 1. The minimum Gasteiger partial charge on any atom is -0.478 e. The van der Waals surface area contributed by atoms with Gasteiger partial charge in [0.15, 0.2) is 0 Å². The number of hydrogen-bond acceptors (Lipinski definition) is 3. The number of rotatable bonds is 3. The lowest BCUT2D eigenvalue weighted by molar-refractivity contribution is 0.0696. The number of carboxylic acids is 1. The minimum absolute atomic E-state index is 0.307. The highest BCUT2D eigenvalue weighted by Crippen LogP contribution is 2.31. The molecule has 1 heterocycles. The molecule has 4 heteroatoms. The van der Waals surface area contributed by atoms with E-state index in [0.717, 1.165) is 24.1 Å². The molecule has 2 atom stereocenters. The molecular weight excluding hydrogens is 252 g/mol. The van der Waals surface area contributed by atoms with Crippen molar-refractivity contribution in [2.75, 3.05) is 5.32 Å². The Balaban J connectivity index is 2.26. The fourth-order valence-electron chi connectivity index (χ4n) is 3.47. The molecule has 4 nitrogen and oxygen atoms in total. The van der Waals surface area contributed by atoms with E-state index in [1.54, 1.807) is 0 Å².